The van der Waals surface area contributed by atoms with Crippen LogP contribution in [-0.4, -0.2) is 16.0 Å². The first-order chi connectivity index (χ1) is 14.9. The smallest absolute Gasteiger partial charge is 0.261 e. The minimum absolute atomic E-state index is 0.182. The van der Waals surface area contributed by atoms with E-state index in [1.807, 2.05) is 69.3 Å². The molecule has 2 N–H and O–H groups in total. The normalized spacial score (nSPS) is 11.7. The summed E-state index contributed by atoms with van der Waals surface area (Å²) in [4.78, 5) is 22.1. The van der Waals surface area contributed by atoms with E-state index in [4.69, 9.17) is 4.42 Å². The van der Waals surface area contributed by atoms with Crippen molar-refractivity contribution >= 4 is 28.3 Å². The molecule has 0 aliphatic rings. The zero-order valence-corrected chi connectivity index (χ0v) is 17.6. The lowest BCUT2D eigenvalue weighted by Gasteiger charge is -2.10. The lowest BCUT2D eigenvalue weighted by Crippen LogP contribution is -2.22. The predicted molar refractivity (Wildman–Crippen MR) is 120 cm³/mol. The second-order valence-corrected chi connectivity index (χ2v) is 7.51. The van der Waals surface area contributed by atoms with Crippen molar-refractivity contribution in [3.05, 3.63) is 94.3 Å². The Hall–Kier alpha value is -3.77. The summed E-state index contributed by atoms with van der Waals surface area (Å²) in [5.74, 6) is -0.347. The fourth-order valence-corrected chi connectivity index (χ4v) is 3.32. The molecule has 0 radical (unpaired) electrons. The van der Waals surface area contributed by atoms with E-state index in [0.717, 1.165) is 11.1 Å². The average molecular weight is 413 g/mol. The SMILES string of the molecule is Cc1ccc(N=c2oc3c(C)ncc(CO)c3cc2C(=O)Nc2cccc(C)c2)cc1. The summed E-state index contributed by atoms with van der Waals surface area (Å²) in [7, 11) is 0. The molecule has 6 heteroatoms. The molecule has 2 heterocycles. The maximum atomic E-state index is 13.2. The van der Waals surface area contributed by atoms with Gasteiger partial charge >= 0.3 is 0 Å². The first-order valence-corrected chi connectivity index (χ1v) is 9.97. The number of aliphatic hydroxyl groups is 1. The molecule has 31 heavy (non-hydrogen) atoms. The number of aliphatic hydroxyl groups excluding tert-OH is 1. The lowest BCUT2D eigenvalue weighted by molar-refractivity contribution is 0.102. The van der Waals surface area contributed by atoms with Gasteiger partial charge in [-0.3, -0.25) is 9.78 Å². The summed E-state index contributed by atoms with van der Waals surface area (Å²) >= 11 is 0. The van der Waals surface area contributed by atoms with Gasteiger partial charge in [0.25, 0.3) is 5.91 Å². The topological polar surface area (TPSA) is 87.7 Å². The lowest BCUT2D eigenvalue weighted by atomic mass is 10.1. The number of nitrogens with one attached hydrogen (secondary N) is 1. The third-order valence-electron chi connectivity index (χ3n) is 5.01. The van der Waals surface area contributed by atoms with Gasteiger partial charge in [-0.15, -0.1) is 0 Å². The number of carbonyl (C=O) groups excluding carboxylic acids is 1. The second kappa shape index (κ2) is 8.53. The number of anilines is 1. The minimum Gasteiger partial charge on any atom is -0.436 e. The number of hydrogen-bond acceptors (Lipinski definition) is 5. The monoisotopic (exact) mass is 413 g/mol. The molecular formula is C25H23N3O3. The Labute approximate surface area is 179 Å². The fourth-order valence-electron chi connectivity index (χ4n) is 3.32. The summed E-state index contributed by atoms with van der Waals surface area (Å²) in [6.07, 6.45) is 1.59. The highest BCUT2D eigenvalue weighted by Gasteiger charge is 2.16. The summed E-state index contributed by atoms with van der Waals surface area (Å²) in [5.41, 5.74) is 5.67. The average Bonchev–Trinajstić information content (AvgIpc) is 2.75. The van der Waals surface area contributed by atoms with Gasteiger partial charge in [-0.05, 0) is 56.7 Å². The third kappa shape index (κ3) is 4.39. The Morgan fingerprint density at radius 2 is 1.84 bits per heavy atom. The number of aromatic nitrogens is 1. The Bertz CT molecular complexity index is 1340. The standard InChI is InChI=1S/C25H23N3O3/c1-15-7-9-19(10-8-15)28-25-22(24(30)27-20-6-4-5-16(2)11-20)12-21-18(14-29)13-26-17(3)23(21)31-25/h4-13,29H,14H2,1-3H3,(H,27,30). The van der Waals surface area contributed by atoms with E-state index in [9.17, 15) is 9.90 Å². The summed E-state index contributed by atoms with van der Waals surface area (Å²) in [5, 5.41) is 13.3. The van der Waals surface area contributed by atoms with Gasteiger partial charge in [0.15, 0.2) is 5.58 Å². The Morgan fingerprint density at radius 3 is 2.55 bits per heavy atom. The number of rotatable bonds is 4. The predicted octanol–water partition coefficient (Wildman–Crippen LogP) is 4.73. The van der Waals surface area contributed by atoms with Crippen LogP contribution in [0.5, 0.6) is 0 Å². The molecule has 0 atom stereocenters. The molecule has 2 aromatic heterocycles. The van der Waals surface area contributed by atoms with Crippen LogP contribution in [0, 0.1) is 20.8 Å². The highest BCUT2D eigenvalue weighted by molar-refractivity contribution is 6.05. The maximum absolute atomic E-state index is 13.2. The van der Waals surface area contributed by atoms with Crippen LogP contribution in [0.3, 0.4) is 0 Å². The van der Waals surface area contributed by atoms with Crippen LogP contribution in [0.2, 0.25) is 0 Å². The van der Waals surface area contributed by atoms with Crippen LogP contribution in [0.25, 0.3) is 11.0 Å². The Kier molecular flexibility index (Phi) is 5.64. The first-order valence-electron chi connectivity index (χ1n) is 9.97. The van der Waals surface area contributed by atoms with Crippen molar-refractivity contribution < 1.29 is 14.3 Å². The summed E-state index contributed by atoms with van der Waals surface area (Å²) in [6, 6.07) is 16.9. The van der Waals surface area contributed by atoms with E-state index in [0.29, 0.717) is 33.6 Å². The third-order valence-corrected chi connectivity index (χ3v) is 5.01. The molecule has 0 aliphatic carbocycles. The van der Waals surface area contributed by atoms with Gasteiger partial charge < -0.3 is 14.8 Å². The molecular weight excluding hydrogens is 390 g/mol. The van der Waals surface area contributed by atoms with Crippen LogP contribution in [0.1, 0.15) is 32.7 Å². The Morgan fingerprint density at radius 1 is 1.06 bits per heavy atom. The number of pyridine rings is 1. The van der Waals surface area contributed by atoms with Gasteiger partial charge in [0.1, 0.15) is 5.56 Å². The quantitative estimate of drug-likeness (QED) is 0.506. The zero-order valence-electron chi connectivity index (χ0n) is 17.6. The molecule has 0 saturated heterocycles. The van der Waals surface area contributed by atoms with E-state index >= 15 is 0 Å². The number of amides is 1. The highest BCUT2D eigenvalue weighted by Crippen LogP contribution is 2.22. The van der Waals surface area contributed by atoms with Gasteiger partial charge in [-0.2, -0.15) is 0 Å². The fraction of sp³-hybridized carbons (Fsp3) is 0.160. The van der Waals surface area contributed by atoms with Crippen molar-refractivity contribution in [3.63, 3.8) is 0 Å². The van der Waals surface area contributed by atoms with Crippen molar-refractivity contribution in [2.75, 3.05) is 5.32 Å². The maximum Gasteiger partial charge on any atom is 0.261 e. The van der Waals surface area contributed by atoms with Crippen LogP contribution in [-0.2, 0) is 6.61 Å². The molecule has 4 rings (SSSR count). The number of aryl methyl sites for hydroxylation is 3. The van der Waals surface area contributed by atoms with Crippen molar-refractivity contribution in [2.24, 2.45) is 4.99 Å². The molecule has 156 valence electrons. The van der Waals surface area contributed by atoms with Crippen LogP contribution < -0.4 is 10.9 Å². The summed E-state index contributed by atoms with van der Waals surface area (Å²) in [6.45, 7) is 5.56. The first kappa shape index (κ1) is 20.5. The van der Waals surface area contributed by atoms with Crippen molar-refractivity contribution in [3.8, 4) is 0 Å². The van der Waals surface area contributed by atoms with Gasteiger partial charge in [-0.1, -0.05) is 29.8 Å². The minimum atomic E-state index is -0.347. The van der Waals surface area contributed by atoms with Gasteiger partial charge in [-0.25, -0.2) is 4.99 Å². The number of carbonyl (C=O) groups is 1. The van der Waals surface area contributed by atoms with Gasteiger partial charge in [0.05, 0.1) is 18.0 Å². The van der Waals surface area contributed by atoms with Crippen LogP contribution >= 0.6 is 0 Å². The molecule has 0 unspecified atom stereocenters. The van der Waals surface area contributed by atoms with E-state index < -0.39 is 0 Å². The highest BCUT2D eigenvalue weighted by atomic mass is 16.3. The molecule has 0 aliphatic heterocycles. The molecule has 0 spiro atoms. The second-order valence-electron chi connectivity index (χ2n) is 7.51. The van der Waals surface area contributed by atoms with E-state index in [2.05, 4.69) is 15.3 Å². The number of hydrogen-bond donors (Lipinski definition) is 2. The van der Waals surface area contributed by atoms with E-state index in [-0.39, 0.29) is 23.6 Å². The molecule has 0 bridgehead atoms. The number of benzene rings is 2. The summed E-state index contributed by atoms with van der Waals surface area (Å²) < 4.78 is 6.08. The molecule has 0 saturated carbocycles. The van der Waals surface area contributed by atoms with Gasteiger partial charge in [0, 0.05) is 22.8 Å². The van der Waals surface area contributed by atoms with Crippen molar-refractivity contribution in [2.45, 2.75) is 27.4 Å². The van der Waals surface area contributed by atoms with Crippen molar-refractivity contribution in [1.82, 2.24) is 4.98 Å². The Balaban J connectivity index is 1.92. The number of fused-ring (bicyclic) bond motifs is 1. The molecule has 6 nitrogen and oxygen atoms in total. The van der Waals surface area contributed by atoms with E-state index in [1.165, 1.54) is 0 Å². The van der Waals surface area contributed by atoms with Crippen molar-refractivity contribution in [1.29, 1.82) is 0 Å². The van der Waals surface area contributed by atoms with Crippen LogP contribution in [0.4, 0.5) is 11.4 Å². The van der Waals surface area contributed by atoms with E-state index in [1.54, 1.807) is 12.3 Å². The molecule has 4 aromatic rings. The molecule has 1 amide bonds. The zero-order chi connectivity index (χ0) is 22.0. The molecule has 0 fully saturated rings. The largest absolute Gasteiger partial charge is 0.436 e. The van der Waals surface area contributed by atoms with Gasteiger partial charge in [0.2, 0.25) is 5.55 Å². The number of nitrogens with zero attached hydrogens (tertiary/aromatic N) is 2. The van der Waals surface area contributed by atoms with Crippen LogP contribution in [0.15, 0.2) is 70.2 Å². The molecule has 2 aromatic carbocycles.